The zero-order valence-corrected chi connectivity index (χ0v) is 13.8. The molecule has 0 aliphatic rings. The van der Waals surface area contributed by atoms with Gasteiger partial charge in [0.05, 0.1) is 18.8 Å². The average Bonchev–Trinajstić information content (AvgIpc) is 2.61. The second-order valence-corrected chi connectivity index (χ2v) is 5.04. The summed E-state index contributed by atoms with van der Waals surface area (Å²) in [5.41, 5.74) is 1.86. The van der Waals surface area contributed by atoms with Crippen LogP contribution in [0.2, 0.25) is 0 Å². The summed E-state index contributed by atoms with van der Waals surface area (Å²) in [6.45, 7) is 4.13. The Morgan fingerprint density at radius 2 is 1.67 bits per heavy atom. The molecular formula is C19H21NO4. The molecule has 0 aliphatic heterocycles. The highest BCUT2D eigenvalue weighted by molar-refractivity contribution is 5.91. The van der Waals surface area contributed by atoms with Crippen LogP contribution in [-0.4, -0.2) is 25.2 Å². The topological polar surface area (TPSA) is 64.6 Å². The fourth-order valence-electron chi connectivity index (χ4n) is 2.27. The maximum Gasteiger partial charge on any atom is 0.338 e. The molecule has 0 heterocycles. The summed E-state index contributed by atoms with van der Waals surface area (Å²) >= 11 is 0. The van der Waals surface area contributed by atoms with Crippen LogP contribution < -0.4 is 5.32 Å². The number of hydrogen-bond acceptors (Lipinski definition) is 5. The predicted molar refractivity (Wildman–Crippen MR) is 91.8 cm³/mol. The van der Waals surface area contributed by atoms with Crippen molar-refractivity contribution in [3.63, 3.8) is 0 Å². The minimum absolute atomic E-state index is 0.298. The number of rotatable bonds is 7. The van der Waals surface area contributed by atoms with Crippen LogP contribution in [-0.2, 0) is 14.3 Å². The van der Waals surface area contributed by atoms with Crippen molar-refractivity contribution in [3.05, 3.63) is 65.7 Å². The predicted octanol–water partition coefficient (Wildman–Crippen LogP) is 3.58. The molecule has 0 bridgehead atoms. The minimum atomic E-state index is -0.649. The van der Waals surface area contributed by atoms with Gasteiger partial charge >= 0.3 is 11.9 Å². The van der Waals surface area contributed by atoms with Crippen molar-refractivity contribution in [1.82, 2.24) is 0 Å². The fraction of sp³-hybridized carbons (Fsp3) is 0.263. The van der Waals surface area contributed by atoms with E-state index >= 15 is 0 Å². The van der Waals surface area contributed by atoms with Crippen molar-refractivity contribution < 1.29 is 19.1 Å². The molecule has 5 nitrogen and oxygen atoms in total. The Bertz CT molecular complexity index is 685. The van der Waals surface area contributed by atoms with E-state index in [9.17, 15) is 9.59 Å². The van der Waals surface area contributed by atoms with Crippen LogP contribution in [0, 0.1) is 0 Å². The molecule has 2 aromatic rings. The van der Waals surface area contributed by atoms with Crippen molar-refractivity contribution in [2.75, 3.05) is 18.5 Å². The number of anilines is 1. The highest BCUT2D eigenvalue weighted by Crippen LogP contribution is 2.22. The van der Waals surface area contributed by atoms with Crippen LogP contribution in [0.3, 0.4) is 0 Å². The van der Waals surface area contributed by atoms with E-state index in [1.165, 1.54) is 0 Å². The molecule has 2 aromatic carbocycles. The molecule has 0 fully saturated rings. The van der Waals surface area contributed by atoms with Gasteiger partial charge in [0, 0.05) is 5.69 Å². The third kappa shape index (κ3) is 4.59. The van der Waals surface area contributed by atoms with E-state index in [1.807, 2.05) is 30.3 Å². The average molecular weight is 327 g/mol. The molecule has 0 saturated carbocycles. The van der Waals surface area contributed by atoms with Gasteiger partial charge in [-0.3, -0.25) is 0 Å². The molecule has 24 heavy (non-hydrogen) atoms. The van der Waals surface area contributed by atoms with Crippen molar-refractivity contribution in [1.29, 1.82) is 0 Å². The van der Waals surface area contributed by atoms with Gasteiger partial charge in [0.25, 0.3) is 0 Å². The van der Waals surface area contributed by atoms with Crippen LogP contribution >= 0.6 is 0 Å². The summed E-state index contributed by atoms with van der Waals surface area (Å²) in [4.78, 5) is 24.1. The molecule has 0 aromatic heterocycles. The SMILES string of the molecule is CCOC(=O)c1cccc(N[C@H](C(=O)OCC)c2ccccc2)c1. The standard InChI is InChI=1S/C19H21NO4/c1-3-23-18(21)15-11-8-12-16(13-15)20-17(19(22)24-4-2)14-9-6-5-7-10-14/h5-13,17,20H,3-4H2,1-2H3/t17-/m0/s1. The van der Waals surface area contributed by atoms with Gasteiger partial charge in [-0.2, -0.15) is 0 Å². The quantitative estimate of drug-likeness (QED) is 0.788. The van der Waals surface area contributed by atoms with Crippen LogP contribution in [0.25, 0.3) is 0 Å². The molecule has 0 unspecified atom stereocenters. The highest BCUT2D eigenvalue weighted by Gasteiger charge is 2.22. The van der Waals surface area contributed by atoms with Crippen molar-refractivity contribution >= 4 is 17.6 Å². The Hall–Kier alpha value is -2.82. The fourth-order valence-corrected chi connectivity index (χ4v) is 2.27. The van der Waals surface area contributed by atoms with Gasteiger partial charge in [-0.05, 0) is 37.6 Å². The number of hydrogen-bond donors (Lipinski definition) is 1. The summed E-state index contributed by atoms with van der Waals surface area (Å²) in [5, 5.41) is 3.13. The minimum Gasteiger partial charge on any atom is -0.464 e. The Labute approximate surface area is 141 Å². The lowest BCUT2D eigenvalue weighted by molar-refractivity contribution is -0.144. The van der Waals surface area contributed by atoms with Gasteiger partial charge in [0.1, 0.15) is 0 Å². The van der Waals surface area contributed by atoms with Crippen LogP contribution in [0.1, 0.15) is 35.8 Å². The van der Waals surface area contributed by atoms with Crippen LogP contribution in [0.15, 0.2) is 54.6 Å². The molecule has 126 valence electrons. The molecule has 1 atom stereocenters. The first-order valence-electron chi connectivity index (χ1n) is 7.91. The first kappa shape index (κ1) is 17.5. The largest absolute Gasteiger partial charge is 0.464 e. The summed E-state index contributed by atoms with van der Waals surface area (Å²) < 4.78 is 10.2. The third-order valence-electron chi connectivity index (χ3n) is 3.34. The normalized spacial score (nSPS) is 11.4. The van der Waals surface area contributed by atoms with Crippen molar-refractivity contribution in [2.45, 2.75) is 19.9 Å². The Kier molecular flexibility index (Phi) is 6.37. The number of esters is 2. The van der Waals surface area contributed by atoms with Gasteiger partial charge in [0.2, 0.25) is 0 Å². The van der Waals surface area contributed by atoms with Gasteiger partial charge in [0.15, 0.2) is 6.04 Å². The lowest BCUT2D eigenvalue weighted by Gasteiger charge is -2.19. The first-order valence-corrected chi connectivity index (χ1v) is 7.91. The van der Waals surface area contributed by atoms with E-state index in [0.29, 0.717) is 24.5 Å². The van der Waals surface area contributed by atoms with Crippen LogP contribution in [0.5, 0.6) is 0 Å². The van der Waals surface area contributed by atoms with Crippen molar-refractivity contribution in [3.8, 4) is 0 Å². The number of carbonyl (C=O) groups is 2. The van der Waals surface area contributed by atoms with Gasteiger partial charge < -0.3 is 14.8 Å². The van der Waals surface area contributed by atoms with Gasteiger partial charge in [-0.25, -0.2) is 9.59 Å². The molecule has 0 amide bonds. The maximum atomic E-state index is 12.3. The summed E-state index contributed by atoms with van der Waals surface area (Å²) in [5.74, 6) is -0.765. The van der Waals surface area contributed by atoms with Gasteiger partial charge in [-0.15, -0.1) is 0 Å². The third-order valence-corrected chi connectivity index (χ3v) is 3.34. The molecule has 0 spiro atoms. The molecule has 5 heteroatoms. The van der Waals surface area contributed by atoms with E-state index in [-0.39, 0.29) is 5.97 Å². The second-order valence-electron chi connectivity index (χ2n) is 5.04. The summed E-state index contributed by atoms with van der Waals surface area (Å²) in [6, 6.07) is 15.5. The molecule has 0 saturated heterocycles. The maximum absolute atomic E-state index is 12.3. The van der Waals surface area contributed by atoms with E-state index < -0.39 is 12.0 Å². The first-order chi connectivity index (χ1) is 11.7. The van der Waals surface area contributed by atoms with Crippen molar-refractivity contribution in [2.24, 2.45) is 0 Å². The molecule has 0 radical (unpaired) electrons. The number of benzene rings is 2. The lowest BCUT2D eigenvalue weighted by Crippen LogP contribution is -2.23. The molecule has 1 N–H and O–H groups in total. The summed E-state index contributed by atoms with van der Waals surface area (Å²) in [6.07, 6.45) is 0. The van der Waals surface area contributed by atoms with E-state index in [0.717, 1.165) is 5.56 Å². The number of carbonyl (C=O) groups excluding carboxylic acids is 2. The Morgan fingerprint density at radius 3 is 2.33 bits per heavy atom. The van der Waals surface area contributed by atoms with Crippen LogP contribution in [0.4, 0.5) is 5.69 Å². The molecule has 0 aliphatic carbocycles. The van der Waals surface area contributed by atoms with E-state index in [4.69, 9.17) is 9.47 Å². The zero-order chi connectivity index (χ0) is 17.4. The zero-order valence-electron chi connectivity index (χ0n) is 13.8. The monoisotopic (exact) mass is 327 g/mol. The Morgan fingerprint density at radius 1 is 0.958 bits per heavy atom. The van der Waals surface area contributed by atoms with E-state index in [1.54, 1.807) is 38.1 Å². The lowest BCUT2D eigenvalue weighted by atomic mass is 10.1. The number of ether oxygens (including phenoxy) is 2. The van der Waals surface area contributed by atoms with E-state index in [2.05, 4.69) is 5.32 Å². The smallest absolute Gasteiger partial charge is 0.338 e. The molecule has 2 rings (SSSR count). The summed E-state index contributed by atoms with van der Waals surface area (Å²) in [7, 11) is 0. The second kappa shape index (κ2) is 8.72. The highest BCUT2D eigenvalue weighted by atomic mass is 16.5. The van der Waals surface area contributed by atoms with Gasteiger partial charge in [-0.1, -0.05) is 36.4 Å². The number of nitrogens with one attached hydrogen (secondary N) is 1. The molecular weight excluding hydrogens is 306 g/mol. The Balaban J connectivity index is 2.25.